The molecule has 0 saturated heterocycles. The lowest BCUT2D eigenvalue weighted by molar-refractivity contribution is 0.527. The van der Waals surface area contributed by atoms with Gasteiger partial charge in [0.15, 0.2) is 0 Å². The zero-order chi connectivity index (χ0) is 10.2. The molecular weight excluding hydrogens is 172 g/mol. The van der Waals surface area contributed by atoms with Crippen LogP contribution in [0.15, 0.2) is 30.3 Å². The molecule has 1 atom stereocenters. The van der Waals surface area contributed by atoms with Crippen LogP contribution < -0.4 is 10.6 Å². The van der Waals surface area contributed by atoms with Gasteiger partial charge in [-0.1, -0.05) is 37.3 Å². The van der Waals surface area contributed by atoms with Gasteiger partial charge in [0.25, 0.3) is 0 Å². The van der Waals surface area contributed by atoms with Crippen molar-refractivity contribution >= 4 is 0 Å². The standard InChI is InChI=1S/C12H20N2/c1-3-9-14-10-12(13-2)11-7-5-4-6-8-11/h4-8,12-14H,3,9-10H2,1-2H3/t12-/m1/s1. The monoisotopic (exact) mass is 192 g/mol. The Bertz CT molecular complexity index is 233. The highest BCUT2D eigenvalue weighted by Gasteiger charge is 2.06. The lowest BCUT2D eigenvalue weighted by Gasteiger charge is -2.16. The molecular formula is C12H20N2. The fourth-order valence-electron chi connectivity index (χ4n) is 1.50. The van der Waals surface area contributed by atoms with Crippen molar-refractivity contribution in [3.05, 3.63) is 35.9 Å². The summed E-state index contributed by atoms with van der Waals surface area (Å²) >= 11 is 0. The lowest BCUT2D eigenvalue weighted by Crippen LogP contribution is -2.29. The molecule has 0 radical (unpaired) electrons. The van der Waals surface area contributed by atoms with E-state index in [0.717, 1.165) is 13.1 Å². The van der Waals surface area contributed by atoms with E-state index in [0.29, 0.717) is 6.04 Å². The molecule has 0 unspecified atom stereocenters. The highest BCUT2D eigenvalue weighted by molar-refractivity contribution is 5.19. The van der Waals surface area contributed by atoms with Gasteiger partial charge in [0.05, 0.1) is 0 Å². The number of benzene rings is 1. The summed E-state index contributed by atoms with van der Waals surface area (Å²) in [5, 5.41) is 6.74. The minimum Gasteiger partial charge on any atom is -0.315 e. The number of hydrogen-bond acceptors (Lipinski definition) is 2. The van der Waals surface area contributed by atoms with Gasteiger partial charge in [0, 0.05) is 12.6 Å². The smallest absolute Gasteiger partial charge is 0.0444 e. The Morgan fingerprint density at radius 3 is 2.50 bits per heavy atom. The summed E-state index contributed by atoms with van der Waals surface area (Å²) < 4.78 is 0. The van der Waals surface area contributed by atoms with Crippen molar-refractivity contribution in [3.63, 3.8) is 0 Å². The predicted octanol–water partition coefficient (Wildman–Crippen LogP) is 1.95. The summed E-state index contributed by atoms with van der Waals surface area (Å²) in [6.45, 7) is 4.27. The van der Waals surface area contributed by atoms with E-state index < -0.39 is 0 Å². The fraction of sp³-hybridized carbons (Fsp3) is 0.500. The van der Waals surface area contributed by atoms with Crippen molar-refractivity contribution in [2.24, 2.45) is 0 Å². The zero-order valence-electron chi connectivity index (χ0n) is 9.09. The first-order chi connectivity index (χ1) is 6.88. The van der Waals surface area contributed by atoms with Gasteiger partial charge in [0.2, 0.25) is 0 Å². The normalized spacial score (nSPS) is 12.7. The molecule has 0 aromatic heterocycles. The van der Waals surface area contributed by atoms with E-state index in [4.69, 9.17) is 0 Å². The van der Waals surface area contributed by atoms with Crippen molar-refractivity contribution < 1.29 is 0 Å². The van der Waals surface area contributed by atoms with Crippen molar-refractivity contribution in [2.45, 2.75) is 19.4 Å². The third-order valence-electron chi connectivity index (χ3n) is 2.33. The largest absolute Gasteiger partial charge is 0.315 e. The van der Waals surface area contributed by atoms with E-state index >= 15 is 0 Å². The van der Waals surface area contributed by atoms with E-state index in [1.165, 1.54) is 12.0 Å². The van der Waals surface area contributed by atoms with Gasteiger partial charge < -0.3 is 10.6 Å². The van der Waals surface area contributed by atoms with Crippen LogP contribution in [0.25, 0.3) is 0 Å². The predicted molar refractivity (Wildman–Crippen MR) is 61.4 cm³/mol. The Labute approximate surface area is 86.7 Å². The van der Waals surface area contributed by atoms with Crippen LogP contribution in [0.3, 0.4) is 0 Å². The molecule has 2 heteroatoms. The Hall–Kier alpha value is -0.860. The zero-order valence-corrected chi connectivity index (χ0v) is 9.09. The maximum absolute atomic E-state index is 3.42. The molecule has 0 heterocycles. The Morgan fingerprint density at radius 1 is 1.21 bits per heavy atom. The summed E-state index contributed by atoms with van der Waals surface area (Å²) in [4.78, 5) is 0. The molecule has 0 aliphatic rings. The van der Waals surface area contributed by atoms with Crippen molar-refractivity contribution in [1.29, 1.82) is 0 Å². The van der Waals surface area contributed by atoms with E-state index in [1.807, 2.05) is 7.05 Å². The van der Waals surface area contributed by atoms with Crippen molar-refractivity contribution in [1.82, 2.24) is 10.6 Å². The Kier molecular flexibility index (Phi) is 5.27. The van der Waals surface area contributed by atoms with Crippen LogP contribution in [-0.4, -0.2) is 20.1 Å². The van der Waals surface area contributed by atoms with Crippen LogP contribution in [0.1, 0.15) is 24.9 Å². The molecule has 0 spiro atoms. The molecule has 0 saturated carbocycles. The average Bonchev–Trinajstić information content (AvgIpc) is 2.26. The minimum absolute atomic E-state index is 0.419. The van der Waals surface area contributed by atoms with Crippen LogP contribution in [-0.2, 0) is 0 Å². The van der Waals surface area contributed by atoms with Crippen LogP contribution in [0, 0.1) is 0 Å². The van der Waals surface area contributed by atoms with Gasteiger partial charge in [-0.2, -0.15) is 0 Å². The molecule has 0 fully saturated rings. The molecule has 1 aromatic carbocycles. The Balaban J connectivity index is 2.46. The third-order valence-corrected chi connectivity index (χ3v) is 2.33. The van der Waals surface area contributed by atoms with Gasteiger partial charge in [-0.3, -0.25) is 0 Å². The van der Waals surface area contributed by atoms with Crippen LogP contribution in [0.4, 0.5) is 0 Å². The summed E-state index contributed by atoms with van der Waals surface area (Å²) in [5.41, 5.74) is 1.35. The summed E-state index contributed by atoms with van der Waals surface area (Å²) in [7, 11) is 2.01. The first kappa shape index (κ1) is 11.2. The summed E-state index contributed by atoms with van der Waals surface area (Å²) in [6, 6.07) is 11.0. The van der Waals surface area contributed by atoms with Gasteiger partial charge >= 0.3 is 0 Å². The topological polar surface area (TPSA) is 24.1 Å². The number of nitrogens with one attached hydrogen (secondary N) is 2. The molecule has 1 aromatic rings. The molecule has 0 aliphatic carbocycles. The van der Waals surface area contributed by atoms with Crippen LogP contribution >= 0.6 is 0 Å². The molecule has 1 rings (SSSR count). The lowest BCUT2D eigenvalue weighted by atomic mass is 10.1. The first-order valence-electron chi connectivity index (χ1n) is 5.31. The third kappa shape index (κ3) is 3.48. The molecule has 2 N–H and O–H groups in total. The van der Waals surface area contributed by atoms with E-state index in [1.54, 1.807) is 0 Å². The van der Waals surface area contributed by atoms with Crippen LogP contribution in [0.5, 0.6) is 0 Å². The van der Waals surface area contributed by atoms with Crippen molar-refractivity contribution in [3.8, 4) is 0 Å². The molecule has 14 heavy (non-hydrogen) atoms. The van der Waals surface area contributed by atoms with Gasteiger partial charge in [0.1, 0.15) is 0 Å². The van der Waals surface area contributed by atoms with Crippen LogP contribution in [0.2, 0.25) is 0 Å². The highest BCUT2D eigenvalue weighted by Crippen LogP contribution is 2.10. The second-order valence-electron chi connectivity index (χ2n) is 3.46. The number of hydrogen-bond donors (Lipinski definition) is 2. The number of rotatable bonds is 6. The Morgan fingerprint density at radius 2 is 1.93 bits per heavy atom. The van der Waals surface area contributed by atoms with Crippen molar-refractivity contribution in [2.75, 3.05) is 20.1 Å². The molecule has 0 amide bonds. The number of likely N-dealkylation sites (N-methyl/N-ethyl adjacent to an activating group) is 1. The summed E-state index contributed by atoms with van der Waals surface area (Å²) in [6.07, 6.45) is 1.19. The first-order valence-corrected chi connectivity index (χ1v) is 5.31. The van der Waals surface area contributed by atoms with Gasteiger partial charge in [-0.05, 0) is 25.6 Å². The summed E-state index contributed by atoms with van der Waals surface area (Å²) in [5.74, 6) is 0. The van der Waals surface area contributed by atoms with E-state index in [2.05, 4.69) is 47.9 Å². The van der Waals surface area contributed by atoms with E-state index in [9.17, 15) is 0 Å². The molecule has 78 valence electrons. The second-order valence-corrected chi connectivity index (χ2v) is 3.46. The molecule has 2 nitrogen and oxygen atoms in total. The molecule has 0 aliphatic heterocycles. The van der Waals surface area contributed by atoms with Gasteiger partial charge in [-0.15, -0.1) is 0 Å². The van der Waals surface area contributed by atoms with Gasteiger partial charge in [-0.25, -0.2) is 0 Å². The maximum atomic E-state index is 3.42. The van der Waals surface area contributed by atoms with E-state index in [-0.39, 0.29) is 0 Å². The average molecular weight is 192 g/mol. The quantitative estimate of drug-likeness (QED) is 0.673. The highest BCUT2D eigenvalue weighted by atomic mass is 15.0. The molecule has 0 bridgehead atoms. The fourth-order valence-corrected chi connectivity index (χ4v) is 1.50. The maximum Gasteiger partial charge on any atom is 0.0444 e. The SMILES string of the molecule is CCCNC[C@@H](NC)c1ccccc1. The second kappa shape index (κ2) is 6.57. The minimum atomic E-state index is 0.419.